The topological polar surface area (TPSA) is 29.1 Å². The summed E-state index contributed by atoms with van der Waals surface area (Å²) in [5, 5.41) is 4.10. The monoisotopic (exact) mass is 359 g/mol. The molecule has 2 rings (SSSR count). The van der Waals surface area contributed by atoms with Crippen LogP contribution in [-0.4, -0.2) is 17.3 Å². The fourth-order valence-corrected chi connectivity index (χ4v) is 3.54. The minimum absolute atomic E-state index is 0.0234. The maximum absolute atomic E-state index is 12.1. The number of carbonyl (C=O) groups is 1. The molecular formula is C13H15Br2NO. The molecule has 1 aliphatic carbocycles. The molecule has 2 nitrogen and oxygen atoms in total. The normalized spacial score (nSPS) is 23.6. The molecule has 0 aromatic heterocycles. The summed E-state index contributed by atoms with van der Waals surface area (Å²) >= 11 is 6.93. The van der Waals surface area contributed by atoms with E-state index in [1.165, 1.54) is 12.8 Å². The summed E-state index contributed by atoms with van der Waals surface area (Å²) in [4.78, 5) is 12.1. The standard InChI is InChI=1S/C13H15Br2NO/c14-8-9-4-3-7-12(9)16-13(17)10-5-1-2-6-11(10)15/h1-2,5-6,9,12H,3-4,7-8H2,(H,16,17). The van der Waals surface area contributed by atoms with Crippen LogP contribution in [0.1, 0.15) is 29.6 Å². The predicted molar refractivity (Wildman–Crippen MR) is 76.5 cm³/mol. The molecule has 4 heteroatoms. The van der Waals surface area contributed by atoms with E-state index in [0.717, 1.165) is 16.2 Å². The Balaban J connectivity index is 2.04. The second-order valence-corrected chi connectivity index (χ2v) is 5.91. The number of rotatable bonds is 3. The van der Waals surface area contributed by atoms with E-state index in [0.29, 0.717) is 17.5 Å². The number of hydrogen-bond donors (Lipinski definition) is 1. The van der Waals surface area contributed by atoms with Crippen LogP contribution in [0.2, 0.25) is 0 Å². The SMILES string of the molecule is O=C(NC1CCCC1CBr)c1ccccc1Br. The zero-order valence-electron chi connectivity index (χ0n) is 9.46. The van der Waals surface area contributed by atoms with Gasteiger partial charge in [0.25, 0.3) is 5.91 Å². The van der Waals surface area contributed by atoms with Crippen molar-refractivity contribution in [3.05, 3.63) is 34.3 Å². The average Bonchev–Trinajstić information content (AvgIpc) is 2.76. The molecular weight excluding hydrogens is 346 g/mol. The van der Waals surface area contributed by atoms with Crippen LogP contribution in [0.15, 0.2) is 28.7 Å². The van der Waals surface area contributed by atoms with Crippen molar-refractivity contribution < 1.29 is 4.79 Å². The molecule has 1 aliphatic rings. The Kier molecular flexibility index (Phi) is 4.62. The third-order valence-electron chi connectivity index (χ3n) is 3.29. The summed E-state index contributed by atoms with van der Waals surface area (Å²) in [5.74, 6) is 0.594. The molecule has 0 bridgehead atoms. The lowest BCUT2D eigenvalue weighted by molar-refractivity contribution is 0.0929. The third kappa shape index (κ3) is 3.10. The summed E-state index contributed by atoms with van der Waals surface area (Å²) in [6, 6.07) is 7.85. The van der Waals surface area contributed by atoms with Crippen molar-refractivity contribution in [1.29, 1.82) is 0 Å². The Morgan fingerprint density at radius 3 is 2.82 bits per heavy atom. The molecule has 0 heterocycles. The summed E-state index contributed by atoms with van der Waals surface area (Å²) < 4.78 is 0.853. The van der Waals surface area contributed by atoms with Crippen molar-refractivity contribution >= 4 is 37.8 Å². The fraction of sp³-hybridized carbons (Fsp3) is 0.462. The van der Waals surface area contributed by atoms with Crippen LogP contribution < -0.4 is 5.32 Å². The Morgan fingerprint density at radius 1 is 1.35 bits per heavy atom. The molecule has 1 amide bonds. The van der Waals surface area contributed by atoms with Gasteiger partial charge < -0.3 is 5.32 Å². The Morgan fingerprint density at radius 2 is 2.12 bits per heavy atom. The van der Waals surface area contributed by atoms with E-state index in [9.17, 15) is 4.79 Å². The highest BCUT2D eigenvalue weighted by atomic mass is 79.9. The van der Waals surface area contributed by atoms with Gasteiger partial charge in [-0.1, -0.05) is 34.5 Å². The second kappa shape index (κ2) is 6.01. The number of alkyl halides is 1. The van der Waals surface area contributed by atoms with Crippen molar-refractivity contribution in [1.82, 2.24) is 5.32 Å². The minimum atomic E-state index is 0.0234. The van der Waals surface area contributed by atoms with Gasteiger partial charge in [0.05, 0.1) is 5.56 Å². The van der Waals surface area contributed by atoms with Crippen molar-refractivity contribution in [3.63, 3.8) is 0 Å². The van der Waals surface area contributed by atoms with E-state index in [2.05, 4.69) is 37.2 Å². The van der Waals surface area contributed by atoms with E-state index in [1.54, 1.807) is 0 Å². The summed E-state index contributed by atoms with van der Waals surface area (Å²) in [6.07, 6.45) is 3.50. The fourth-order valence-electron chi connectivity index (χ4n) is 2.30. The molecule has 17 heavy (non-hydrogen) atoms. The molecule has 2 atom stereocenters. The first kappa shape index (κ1) is 13.1. The largest absolute Gasteiger partial charge is 0.349 e. The molecule has 1 N–H and O–H groups in total. The predicted octanol–water partition coefficient (Wildman–Crippen LogP) is 3.74. The average molecular weight is 361 g/mol. The van der Waals surface area contributed by atoms with E-state index in [4.69, 9.17) is 0 Å². The zero-order valence-corrected chi connectivity index (χ0v) is 12.6. The minimum Gasteiger partial charge on any atom is -0.349 e. The zero-order chi connectivity index (χ0) is 12.3. The van der Waals surface area contributed by atoms with Gasteiger partial charge in [0.2, 0.25) is 0 Å². The lowest BCUT2D eigenvalue weighted by Gasteiger charge is -2.19. The second-order valence-electron chi connectivity index (χ2n) is 4.41. The molecule has 1 aromatic rings. The molecule has 0 radical (unpaired) electrons. The van der Waals surface area contributed by atoms with Crippen molar-refractivity contribution in [2.45, 2.75) is 25.3 Å². The molecule has 0 aliphatic heterocycles. The van der Waals surface area contributed by atoms with Crippen LogP contribution in [0.3, 0.4) is 0 Å². The van der Waals surface area contributed by atoms with Gasteiger partial charge in [0, 0.05) is 15.8 Å². The van der Waals surface area contributed by atoms with Gasteiger partial charge in [-0.2, -0.15) is 0 Å². The number of hydrogen-bond acceptors (Lipinski definition) is 1. The Bertz CT molecular complexity index is 408. The van der Waals surface area contributed by atoms with Crippen molar-refractivity contribution in [2.75, 3.05) is 5.33 Å². The van der Waals surface area contributed by atoms with Crippen LogP contribution in [0.4, 0.5) is 0 Å². The summed E-state index contributed by atoms with van der Waals surface area (Å²) in [7, 11) is 0. The Hall–Kier alpha value is -0.350. The van der Waals surface area contributed by atoms with Crippen LogP contribution in [0, 0.1) is 5.92 Å². The maximum atomic E-state index is 12.1. The molecule has 0 saturated heterocycles. The Labute approximate surface area is 118 Å². The number of benzene rings is 1. The molecule has 2 unspecified atom stereocenters. The summed E-state index contributed by atoms with van der Waals surface area (Å²) in [5.41, 5.74) is 0.715. The third-order valence-corrected chi connectivity index (χ3v) is 4.82. The van der Waals surface area contributed by atoms with Gasteiger partial charge in [0.15, 0.2) is 0 Å². The highest BCUT2D eigenvalue weighted by molar-refractivity contribution is 9.10. The molecule has 1 aromatic carbocycles. The van der Waals surface area contributed by atoms with E-state index in [-0.39, 0.29) is 5.91 Å². The van der Waals surface area contributed by atoms with Crippen LogP contribution in [0.5, 0.6) is 0 Å². The molecule has 92 valence electrons. The van der Waals surface area contributed by atoms with Gasteiger partial charge in [-0.25, -0.2) is 0 Å². The van der Waals surface area contributed by atoms with Gasteiger partial charge in [-0.3, -0.25) is 4.79 Å². The highest BCUT2D eigenvalue weighted by Gasteiger charge is 2.28. The molecule has 1 fully saturated rings. The van der Waals surface area contributed by atoms with Gasteiger partial charge in [-0.05, 0) is 46.8 Å². The van der Waals surface area contributed by atoms with E-state index < -0.39 is 0 Å². The van der Waals surface area contributed by atoms with E-state index >= 15 is 0 Å². The highest BCUT2D eigenvalue weighted by Crippen LogP contribution is 2.27. The number of halogens is 2. The maximum Gasteiger partial charge on any atom is 0.252 e. The number of amides is 1. The first-order valence-electron chi connectivity index (χ1n) is 5.83. The van der Waals surface area contributed by atoms with E-state index in [1.807, 2.05) is 24.3 Å². The van der Waals surface area contributed by atoms with Crippen LogP contribution >= 0.6 is 31.9 Å². The quantitative estimate of drug-likeness (QED) is 0.817. The smallest absolute Gasteiger partial charge is 0.252 e. The van der Waals surface area contributed by atoms with Gasteiger partial charge in [-0.15, -0.1) is 0 Å². The van der Waals surface area contributed by atoms with Crippen LogP contribution in [0.25, 0.3) is 0 Å². The number of nitrogens with one attached hydrogen (secondary N) is 1. The van der Waals surface area contributed by atoms with Crippen molar-refractivity contribution in [3.8, 4) is 0 Å². The molecule has 0 spiro atoms. The lowest BCUT2D eigenvalue weighted by atomic mass is 10.1. The molecule has 1 saturated carbocycles. The number of carbonyl (C=O) groups excluding carboxylic acids is 1. The van der Waals surface area contributed by atoms with Gasteiger partial charge in [0.1, 0.15) is 0 Å². The summed E-state index contributed by atoms with van der Waals surface area (Å²) in [6.45, 7) is 0. The van der Waals surface area contributed by atoms with Crippen molar-refractivity contribution in [2.24, 2.45) is 5.92 Å². The van der Waals surface area contributed by atoms with Crippen LogP contribution in [-0.2, 0) is 0 Å². The first-order chi connectivity index (χ1) is 8.22. The lowest BCUT2D eigenvalue weighted by Crippen LogP contribution is -2.38. The first-order valence-corrected chi connectivity index (χ1v) is 7.75. The van der Waals surface area contributed by atoms with Gasteiger partial charge >= 0.3 is 0 Å².